The molecule has 0 atom stereocenters. The van der Waals surface area contributed by atoms with Crippen LogP contribution in [0.3, 0.4) is 0 Å². The molecule has 0 fully saturated rings. The fourth-order valence-corrected chi connectivity index (χ4v) is 2.41. The molecule has 0 aromatic carbocycles. The summed E-state index contributed by atoms with van der Waals surface area (Å²) in [5.74, 6) is -1.63. The lowest BCUT2D eigenvalue weighted by Gasteiger charge is -2.10. The Morgan fingerprint density at radius 2 is 1.92 bits per heavy atom. The third kappa shape index (κ3) is 3.04. The molecule has 1 N–H and O–H groups in total. The van der Waals surface area contributed by atoms with Crippen molar-refractivity contribution in [3.05, 3.63) is 17.1 Å². The van der Waals surface area contributed by atoms with Gasteiger partial charge in [0.15, 0.2) is 28.3 Å². The zero-order chi connectivity index (χ0) is 18.0. The summed E-state index contributed by atoms with van der Waals surface area (Å²) in [5.41, 5.74) is 1.08. The number of aromatic carboxylic acids is 1. The van der Waals surface area contributed by atoms with Crippen LogP contribution in [-0.4, -0.2) is 44.3 Å². The molecule has 0 bridgehead atoms. The second-order valence-electron chi connectivity index (χ2n) is 5.47. The average Bonchev–Trinajstić information content (AvgIpc) is 2.77. The zero-order valence-electron chi connectivity index (χ0n) is 14.4. The lowest BCUT2D eigenvalue weighted by atomic mass is 10.2. The third-order valence-corrected chi connectivity index (χ3v) is 3.39. The first kappa shape index (κ1) is 17.7. The van der Waals surface area contributed by atoms with Crippen LogP contribution in [0.25, 0.3) is 11.2 Å². The summed E-state index contributed by atoms with van der Waals surface area (Å²) in [6.07, 6.45) is 0.206. The Balaban J connectivity index is 2.81. The van der Waals surface area contributed by atoms with Crippen molar-refractivity contribution >= 4 is 23.1 Å². The van der Waals surface area contributed by atoms with Crippen LogP contribution in [0.2, 0.25) is 0 Å². The number of aryl methyl sites for hydroxylation is 2. The van der Waals surface area contributed by atoms with Crippen LogP contribution in [0, 0.1) is 0 Å². The number of carboxylic acid groups (broad SMARTS) is 1. The molecular weight excluding hydrogens is 314 g/mol. The minimum atomic E-state index is -1.15. The van der Waals surface area contributed by atoms with Crippen LogP contribution in [-0.2, 0) is 18.2 Å². The number of carbonyl (C=O) groups is 2. The van der Waals surface area contributed by atoms with E-state index in [0.717, 1.165) is 0 Å². The molecule has 0 amide bonds. The molecule has 0 aliphatic rings. The van der Waals surface area contributed by atoms with Crippen LogP contribution in [0.5, 0.6) is 5.75 Å². The lowest BCUT2D eigenvalue weighted by molar-refractivity contribution is 0.0517. The van der Waals surface area contributed by atoms with Gasteiger partial charge >= 0.3 is 11.9 Å². The smallest absolute Gasteiger partial charge is 0.358 e. The van der Waals surface area contributed by atoms with Crippen LogP contribution in [0.1, 0.15) is 54.4 Å². The van der Waals surface area contributed by atoms with E-state index in [2.05, 4.69) is 9.97 Å². The Labute approximate surface area is 139 Å². The maximum atomic E-state index is 12.1. The molecule has 0 radical (unpaired) electrons. The molecular formula is C16H21N3O5. The van der Waals surface area contributed by atoms with E-state index in [-0.39, 0.29) is 35.4 Å². The first-order valence-electron chi connectivity index (χ1n) is 7.78. The average molecular weight is 335 g/mol. The number of ether oxygens (including phenoxy) is 2. The molecule has 0 aliphatic carbocycles. The fourth-order valence-electron chi connectivity index (χ4n) is 2.41. The quantitative estimate of drug-likeness (QED) is 0.807. The summed E-state index contributed by atoms with van der Waals surface area (Å²) in [6, 6.07) is 0. The van der Waals surface area contributed by atoms with Gasteiger partial charge in [-0.3, -0.25) is 0 Å². The Hall–Kier alpha value is -2.64. The number of fused-ring (bicyclic) bond motifs is 1. The highest BCUT2D eigenvalue weighted by Crippen LogP contribution is 2.32. The largest absolute Gasteiger partial charge is 0.486 e. The van der Waals surface area contributed by atoms with Gasteiger partial charge in [0.2, 0.25) is 0 Å². The Bertz CT molecular complexity index is 795. The highest BCUT2D eigenvalue weighted by atomic mass is 16.5. The number of esters is 1. The molecule has 2 rings (SSSR count). The van der Waals surface area contributed by atoms with Gasteiger partial charge in [-0.1, -0.05) is 6.92 Å². The van der Waals surface area contributed by atoms with E-state index in [1.807, 2.05) is 6.92 Å². The zero-order valence-corrected chi connectivity index (χ0v) is 14.4. The minimum absolute atomic E-state index is 0.0539. The predicted octanol–water partition coefficient (Wildman–Crippen LogP) is 2.19. The third-order valence-electron chi connectivity index (χ3n) is 3.39. The molecule has 0 aliphatic heterocycles. The van der Waals surface area contributed by atoms with Gasteiger partial charge in [-0.2, -0.15) is 0 Å². The van der Waals surface area contributed by atoms with Crippen molar-refractivity contribution in [2.45, 2.75) is 40.2 Å². The van der Waals surface area contributed by atoms with E-state index in [9.17, 15) is 14.7 Å². The van der Waals surface area contributed by atoms with Gasteiger partial charge in [-0.15, -0.1) is 0 Å². The van der Waals surface area contributed by atoms with Crippen molar-refractivity contribution in [1.29, 1.82) is 0 Å². The molecule has 130 valence electrons. The van der Waals surface area contributed by atoms with E-state index < -0.39 is 11.9 Å². The summed E-state index contributed by atoms with van der Waals surface area (Å²) < 4.78 is 12.1. The molecule has 2 heterocycles. The number of rotatable bonds is 6. The number of aromatic nitrogens is 3. The van der Waals surface area contributed by atoms with Crippen molar-refractivity contribution in [2.24, 2.45) is 7.05 Å². The van der Waals surface area contributed by atoms with Gasteiger partial charge in [-0.05, 0) is 27.2 Å². The first-order chi connectivity index (χ1) is 11.3. The summed E-state index contributed by atoms with van der Waals surface area (Å²) in [6.45, 7) is 7.32. The number of carbonyl (C=O) groups excluding carboxylic acids is 1. The molecule has 0 spiro atoms. The maximum absolute atomic E-state index is 12.1. The van der Waals surface area contributed by atoms with Crippen LogP contribution in [0.4, 0.5) is 0 Å². The Morgan fingerprint density at radius 1 is 1.25 bits per heavy atom. The van der Waals surface area contributed by atoms with E-state index >= 15 is 0 Å². The van der Waals surface area contributed by atoms with Crippen LogP contribution >= 0.6 is 0 Å². The lowest BCUT2D eigenvalue weighted by Crippen LogP contribution is -2.13. The van der Waals surface area contributed by atoms with Gasteiger partial charge in [-0.25, -0.2) is 19.6 Å². The SMILES string of the molecule is CCOC(=O)c1nc2c(OC(C)C)c(C(=O)O)n(C)c2nc1CC. The van der Waals surface area contributed by atoms with E-state index in [1.54, 1.807) is 27.8 Å². The number of hydrogen-bond acceptors (Lipinski definition) is 6. The highest BCUT2D eigenvalue weighted by Gasteiger charge is 2.28. The second-order valence-corrected chi connectivity index (χ2v) is 5.47. The predicted molar refractivity (Wildman–Crippen MR) is 86.6 cm³/mol. The standard InChI is InChI=1S/C16H21N3O5/c1-6-9-10(16(22)23-7-2)18-11-13(24-8(3)4)12(15(20)21)19(5)14(11)17-9/h8H,6-7H2,1-5H3,(H,20,21). The molecule has 24 heavy (non-hydrogen) atoms. The van der Waals surface area contributed by atoms with Crippen LogP contribution in [0.15, 0.2) is 0 Å². The number of hydrogen-bond donors (Lipinski definition) is 1. The summed E-state index contributed by atoms with van der Waals surface area (Å²) in [5, 5.41) is 9.50. The summed E-state index contributed by atoms with van der Waals surface area (Å²) in [4.78, 5) is 32.5. The van der Waals surface area contributed by atoms with Crippen molar-refractivity contribution in [2.75, 3.05) is 6.61 Å². The van der Waals surface area contributed by atoms with Crippen molar-refractivity contribution in [1.82, 2.24) is 14.5 Å². The molecule has 0 unspecified atom stereocenters. The van der Waals surface area contributed by atoms with Crippen molar-refractivity contribution in [3.63, 3.8) is 0 Å². The van der Waals surface area contributed by atoms with Gasteiger partial charge < -0.3 is 19.1 Å². The Morgan fingerprint density at radius 3 is 2.42 bits per heavy atom. The molecule has 8 nitrogen and oxygen atoms in total. The second kappa shape index (κ2) is 6.86. The monoisotopic (exact) mass is 335 g/mol. The molecule has 8 heteroatoms. The molecule has 2 aromatic rings. The Kier molecular flexibility index (Phi) is 5.06. The normalized spacial score (nSPS) is 11.1. The van der Waals surface area contributed by atoms with E-state index in [4.69, 9.17) is 9.47 Å². The van der Waals surface area contributed by atoms with Gasteiger partial charge in [0, 0.05) is 7.05 Å². The van der Waals surface area contributed by atoms with E-state index in [0.29, 0.717) is 17.8 Å². The van der Waals surface area contributed by atoms with Crippen LogP contribution < -0.4 is 4.74 Å². The summed E-state index contributed by atoms with van der Waals surface area (Å²) >= 11 is 0. The van der Waals surface area contributed by atoms with Gasteiger partial charge in [0.25, 0.3) is 0 Å². The van der Waals surface area contributed by atoms with Crippen molar-refractivity contribution < 1.29 is 24.2 Å². The van der Waals surface area contributed by atoms with Gasteiger partial charge in [0.1, 0.15) is 0 Å². The first-order valence-corrected chi connectivity index (χ1v) is 7.78. The topological polar surface area (TPSA) is 104 Å². The van der Waals surface area contributed by atoms with Gasteiger partial charge in [0.05, 0.1) is 18.4 Å². The molecule has 2 aromatic heterocycles. The number of carboxylic acids is 1. The molecule has 0 saturated carbocycles. The fraction of sp³-hybridized carbons (Fsp3) is 0.500. The number of nitrogens with zero attached hydrogens (tertiary/aromatic N) is 3. The van der Waals surface area contributed by atoms with E-state index in [1.165, 1.54) is 4.57 Å². The van der Waals surface area contributed by atoms with Crippen molar-refractivity contribution in [3.8, 4) is 5.75 Å². The highest BCUT2D eigenvalue weighted by molar-refractivity contribution is 5.99. The molecule has 0 saturated heterocycles. The maximum Gasteiger partial charge on any atom is 0.358 e. The summed E-state index contributed by atoms with van der Waals surface area (Å²) in [7, 11) is 1.58. The minimum Gasteiger partial charge on any atom is -0.486 e.